The van der Waals surface area contributed by atoms with Crippen LogP contribution in [0.2, 0.25) is 0 Å². The number of nitrogens with zero attached hydrogens (tertiary/aromatic N) is 2. The summed E-state index contributed by atoms with van der Waals surface area (Å²) in [7, 11) is 1.85. The summed E-state index contributed by atoms with van der Waals surface area (Å²) in [5, 5.41) is 0. The molecule has 1 heterocycles. The van der Waals surface area contributed by atoms with E-state index in [1.807, 2.05) is 11.9 Å². The molecule has 102 valence electrons. The number of carbonyl (C=O) groups excluding carboxylic acids is 2. The van der Waals surface area contributed by atoms with Crippen molar-refractivity contribution in [3.8, 4) is 0 Å². The Kier molecular flexibility index (Phi) is 4.22. The fraction of sp³-hybridized carbons (Fsp3) is 0.846. The first-order chi connectivity index (χ1) is 8.58. The lowest BCUT2D eigenvalue weighted by atomic mass is 10.0. The van der Waals surface area contributed by atoms with Crippen molar-refractivity contribution in [2.45, 2.75) is 38.1 Å². The second-order valence-corrected chi connectivity index (χ2v) is 5.60. The minimum atomic E-state index is -0.299. The van der Waals surface area contributed by atoms with Gasteiger partial charge in [-0.25, -0.2) is 0 Å². The van der Waals surface area contributed by atoms with Gasteiger partial charge in [0.1, 0.15) is 0 Å². The number of hydrogen-bond donors (Lipinski definition) is 1. The molecule has 0 aromatic rings. The van der Waals surface area contributed by atoms with Crippen LogP contribution in [0, 0.1) is 5.92 Å². The minimum absolute atomic E-state index is 0.107. The van der Waals surface area contributed by atoms with Crippen molar-refractivity contribution in [1.29, 1.82) is 0 Å². The molecule has 0 aromatic heterocycles. The molecule has 2 aliphatic rings. The molecule has 1 unspecified atom stereocenters. The lowest BCUT2D eigenvalue weighted by Crippen LogP contribution is -2.51. The molecule has 1 aliphatic heterocycles. The molecule has 2 fully saturated rings. The Hall–Kier alpha value is -1.10. The van der Waals surface area contributed by atoms with Crippen LogP contribution in [0.4, 0.5) is 0 Å². The second-order valence-electron chi connectivity index (χ2n) is 5.60. The smallest absolute Gasteiger partial charge is 0.236 e. The van der Waals surface area contributed by atoms with Crippen LogP contribution in [-0.4, -0.2) is 54.3 Å². The van der Waals surface area contributed by atoms with E-state index in [-0.39, 0.29) is 17.9 Å². The van der Waals surface area contributed by atoms with Crippen molar-refractivity contribution in [3.63, 3.8) is 0 Å². The van der Waals surface area contributed by atoms with E-state index in [1.54, 1.807) is 4.90 Å². The Bertz CT molecular complexity index is 328. The average Bonchev–Trinajstić information content (AvgIpc) is 3.13. The van der Waals surface area contributed by atoms with Gasteiger partial charge in [-0.15, -0.1) is 0 Å². The summed E-state index contributed by atoms with van der Waals surface area (Å²) in [5.41, 5.74) is 5.39. The largest absolute Gasteiger partial charge is 0.368 e. The van der Waals surface area contributed by atoms with Gasteiger partial charge in [0, 0.05) is 13.6 Å². The van der Waals surface area contributed by atoms with Crippen LogP contribution < -0.4 is 5.73 Å². The van der Waals surface area contributed by atoms with Crippen LogP contribution in [0.3, 0.4) is 0 Å². The van der Waals surface area contributed by atoms with Gasteiger partial charge in [0.2, 0.25) is 11.8 Å². The highest BCUT2D eigenvalue weighted by molar-refractivity contribution is 5.82. The Balaban J connectivity index is 1.85. The third-order valence-electron chi connectivity index (χ3n) is 3.94. The van der Waals surface area contributed by atoms with E-state index in [1.165, 1.54) is 12.8 Å². The van der Waals surface area contributed by atoms with Crippen LogP contribution >= 0.6 is 0 Å². The Morgan fingerprint density at radius 2 is 2.00 bits per heavy atom. The first-order valence-corrected chi connectivity index (χ1v) is 6.85. The van der Waals surface area contributed by atoms with Crippen LogP contribution in [-0.2, 0) is 9.59 Å². The highest BCUT2D eigenvalue weighted by Gasteiger charge is 2.30. The summed E-state index contributed by atoms with van der Waals surface area (Å²) < 4.78 is 0. The molecule has 1 saturated carbocycles. The quantitative estimate of drug-likeness (QED) is 0.761. The summed E-state index contributed by atoms with van der Waals surface area (Å²) in [6.45, 7) is 1.99. The van der Waals surface area contributed by atoms with Crippen molar-refractivity contribution in [2.24, 2.45) is 11.7 Å². The number of amides is 2. The molecule has 5 nitrogen and oxygen atoms in total. The fourth-order valence-electron chi connectivity index (χ4n) is 2.59. The number of nitrogens with two attached hydrogens (primary N) is 1. The van der Waals surface area contributed by atoms with Gasteiger partial charge in [-0.3, -0.25) is 14.5 Å². The Labute approximate surface area is 108 Å². The topological polar surface area (TPSA) is 66.6 Å². The van der Waals surface area contributed by atoms with Gasteiger partial charge in [-0.1, -0.05) is 6.42 Å². The van der Waals surface area contributed by atoms with E-state index < -0.39 is 0 Å². The molecule has 1 aliphatic carbocycles. The summed E-state index contributed by atoms with van der Waals surface area (Å²) in [4.78, 5) is 27.2. The average molecular weight is 253 g/mol. The van der Waals surface area contributed by atoms with Crippen molar-refractivity contribution in [1.82, 2.24) is 9.80 Å². The molecular weight excluding hydrogens is 230 g/mol. The number of primary amides is 1. The van der Waals surface area contributed by atoms with Gasteiger partial charge in [0.15, 0.2) is 0 Å². The van der Waals surface area contributed by atoms with E-state index >= 15 is 0 Å². The monoisotopic (exact) mass is 253 g/mol. The standard InChI is InChI=1S/C13H23N3O2/c1-15(8-10-5-6-10)12(17)9-16-7-3-2-4-11(16)13(14)18/h10-11H,2-9H2,1H3,(H2,14,18). The number of carbonyl (C=O) groups is 2. The molecule has 0 radical (unpaired) electrons. The molecular formula is C13H23N3O2. The minimum Gasteiger partial charge on any atom is -0.368 e. The number of likely N-dealkylation sites (tertiary alicyclic amines) is 1. The van der Waals surface area contributed by atoms with Crippen LogP contribution in [0.15, 0.2) is 0 Å². The van der Waals surface area contributed by atoms with E-state index in [9.17, 15) is 9.59 Å². The Morgan fingerprint density at radius 3 is 2.61 bits per heavy atom. The SMILES string of the molecule is CN(CC1CC1)C(=O)CN1CCCCC1C(N)=O. The van der Waals surface area contributed by atoms with Crippen molar-refractivity contribution >= 4 is 11.8 Å². The van der Waals surface area contributed by atoms with E-state index in [4.69, 9.17) is 5.73 Å². The summed E-state index contributed by atoms with van der Waals surface area (Å²) in [6, 6.07) is -0.253. The van der Waals surface area contributed by atoms with E-state index in [0.29, 0.717) is 12.5 Å². The third kappa shape index (κ3) is 3.45. The van der Waals surface area contributed by atoms with Gasteiger partial charge in [0.05, 0.1) is 12.6 Å². The normalized spacial score (nSPS) is 24.8. The number of likely N-dealkylation sites (N-methyl/N-ethyl adjacent to an activating group) is 1. The highest BCUT2D eigenvalue weighted by Crippen LogP contribution is 2.29. The van der Waals surface area contributed by atoms with Gasteiger partial charge in [-0.2, -0.15) is 0 Å². The lowest BCUT2D eigenvalue weighted by Gasteiger charge is -2.34. The van der Waals surface area contributed by atoms with Crippen molar-refractivity contribution in [3.05, 3.63) is 0 Å². The number of piperidine rings is 1. The predicted molar refractivity (Wildman–Crippen MR) is 68.8 cm³/mol. The molecule has 0 spiro atoms. The van der Waals surface area contributed by atoms with Gasteiger partial charge in [0.25, 0.3) is 0 Å². The van der Waals surface area contributed by atoms with Gasteiger partial charge < -0.3 is 10.6 Å². The maximum absolute atomic E-state index is 12.1. The van der Waals surface area contributed by atoms with E-state index in [2.05, 4.69) is 0 Å². The zero-order chi connectivity index (χ0) is 13.1. The molecule has 1 saturated heterocycles. The number of hydrogen-bond acceptors (Lipinski definition) is 3. The van der Waals surface area contributed by atoms with Crippen LogP contribution in [0.5, 0.6) is 0 Å². The predicted octanol–water partition coefficient (Wildman–Crippen LogP) is 0.195. The second kappa shape index (κ2) is 5.69. The zero-order valence-corrected chi connectivity index (χ0v) is 11.1. The van der Waals surface area contributed by atoms with Crippen molar-refractivity contribution in [2.75, 3.05) is 26.7 Å². The van der Waals surface area contributed by atoms with Crippen LogP contribution in [0.1, 0.15) is 32.1 Å². The summed E-state index contributed by atoms with van der Waals surface area (Å²) in [6.07, 6.45) is 5.34. The molecule has 5 heteroatoms. The fourth-order valence-corrected chi connectivity index (χ4v) is 2.59. The number of rotatable bonds is 5. The lowest BCUT2D eigenvalue weighted by molar-refractivity contribution is -0.134. The molecule has 0 aromatic carbocycles. The van der Waals surface area contributed by atoms with Gasteiger partial charge in [-0.05, 0) is 38.1 Å². The van der Waals surface area contributed by atoms with Crippen LogP contribution in [0.25, 0.3) is 0 Å². The molecule has 1 atom stereocenters. The van der Waals surface area contributed by atoms with Crippen molar-refractivity contribution < 1.29 is 9.59 Å². The third-order valence-corrected chi connectivity index (χ3v) is 3.94. The molecule has 0 bridgehead atoms. The Morgan fingerprint density at radius 1 is 1.28 bits per heavy atom. The molecule has 18 heavy (non-hydrogen) atoms. The zero-order valence-electron chi connectivity index (χ0n) is 11.1. The first kappa shape index (κ1) is 13.3. The van der Waals surface area contributed by atoms with Gasteiger partial charge >= 0.3 is 0 Å². The first-order valence-electron chi connectivity index (χ1n) is 6.85. The maximum Gasteiger partial charge on any atom is 0.236 e. The maximum atomic E-state index is 12.1. The summed E-state index contributed by atoms with van der Waals surface area (Å²) in [5.74, 6) is 0.509. The summed E-state index contributed by atoms with van der Waals surface area (Å²) >= 11 is 0. The molecule has 2 amide bonds. The van der Waals surface area contributed by atoms with E-state index in [0.717, 1.165) is 32.4 Å². The molecule has 2 N–H and O–H groups in total. The highest BCUT2D eigenvalue weighted by atomic mass is 16.2. The molecule has 2 rings (SSSR count).